The van der Waals surface area contributed by atoms with E-state index >= 15 is 0 Å². The van der Waals surface area contributed by atoms with E-state index in [4.69, 9.17) is 0 Å². The van der Waals surface area contributed by atoms with Crippen molar-refractivity contribution in [3.8, 4) is 16.8 Å². The number of fused-ring (bicyclic) bond motifs is 12. The van der Waals surface area contributed by atoms with Crippen LogP contribution in [0.4, 0.5) is 0 Å². The molecule has 2 bridgehead atoms. The average Bonchev–Trinajstić information content (AvgIpc) is 3.93. The molecule has 15 rings (SSSR count). The second-order valence-corrected chi connectivity index (χ2v) is 31.2. The molecule has 3 fully saturated rings. The number of para-hydroxylation sites is 1. The molecule has 2 heteroatoms. The van der Waals surface area contributed by atoms with Crippen molar-refractivity contribution in [1.82, 2.24) is 4.57 Å². The maximum atomic E-state index is 2.81. The van der Waals surface area contributed by atoms with Crippen LogP contribution in [0.5, 0.6) is 0 Å². The van der Waals surface area contributed by atoms with Crippen LogP contribution < -0.4 is 16.4 Å². The summed E-state index contributed by atoms with van der Waals surface area (Å²) in [6.45, 7) is 28.8. The summed E-state index contributed by atoms with van der Waals surface area (Å²) in [5.41, 5.74) is 30.2. The summed E-state index contributed by atoms with van der Waals surface area (Å²) < 4.78 is 2.81. The summed E-state index contributed by atoms with van der Waals surface area (Å²) in [5.74, 6) is 3.55. The fraction of sp³-hybridized carbons (Fsp3) is 0.418. The monoisotopic (exact) mass is 1060 g/mol. The standard InChI is InChI=1S/C79H86BN/c1-75(2,3)52-27-23-48(24-28-52)64-41-51-40-56(81-71-22-16-15-21-61(71)62-36-35-58-57-19-13-14-20-59(57)68(45-65(58)74(62)81)79-37-17-18-50-38-47(46-79)39-67(50)79)44-66-72(49-25-29-53(30-26-49)76(4,5)6)63-34-32-55(78(10,11)12)43-70(63)80(73(51)66)69-42-54(77(7,8)9)31-33-60(64)69/h13-16,19-23,25-27,29-36,40,42-44,47,50,64,67-68,72H,17-18,24,28,37-39,41,45-46H2,1-12H3. The smallest absolute Gasteiger partial charge is 0.242 e. The molecule has 410 valence electrons. The molecule has 0 saturated heterocycles. The van der Waals surface area contributed by atoms with E-state index in [-0.39, 0.29) is 40.2 Å². The maximum Gasteiger partial charge on any atom is 0.242 e. The molecule has 3 saturated carbocycles. The van der Waals surface area contributed by atoms with Gasteiger partial charge in [0.15, 0.2) is 0 Å². The third kappa shape index (κ3) is 7.97. The molecule has 1 aromatic heterocycles. The van der Waals surface area contributed by atoms with Gasteiger partial charge in [-0.3, -0.25) is 0 Å². The second-order valence-electron chi connectivity index (χ2n) is 31.2. The molecule has 81 heavy (non-hydrogen) atoms. The number of rotatable bonds is 4. The third-order valence-corrected chi connectivity index (χ3v) is 22.6. The minimum Gasteiger partial charge on any atom is -0.309 e. The summed E-state index contributed by atoms with van der Waals surface area (Å²) in [6.07, 6.45) is 18.0. The molecule has 5 aliphatic carbocycles. The highest BCUT2D eigenvalue weighted by Crippen LogP contribution is 2.70. The molecule has 8 aromatic rings. The van der Waals surface area contributed by atoms with Crippen molar-refractivity contribution in [2.24, 2.45) is 28.6 Å². The van der Waals surface area contributed by atoms with Crippen LogP contribution in [0.2, 0.25) is 0 Å². The van der Waals surface area contributed by atoms with E-state index in [0.717, 1.165) is 43.4 Å². The van der Waals surface area contributed by atoms with Gasteiger partial charge in [-0.15, -0.1) is 0 Å². The van der Waals surface area contributed by atoms with E-state index in [1.165, 1.54) is 133 Å². The van der Waals surface area contributed by atoms with Crippen LogP contribution in [0.3, 0.4) is 0 Å². The summed E-state index contributed by atoms with van der Waals surface area (Å²) in [4.78, 5) is 0. The lowest BCUT2D eigenvalue weighted by Crippen LogP contribution is -2.59. The highest BCUT2D eigenvalue weighted by molar-refractivity contribution is 6.97. The maximum absolute atomic E-state index is 2.81. The highest BCUT2D eigenvalue weighted by Gasteiger charge is 2.60. The molecule has 0 radical (unpaired) electrons. The zero-order valence-electron chi connectivity index (χ0n) is 50.9. The molecule has 0 N–H and O–H groups in total. The number of nitrogens with zero attached hydrogens (tertiary/aromatic N) is 1. The second kappa shape index (κ2) is 17.9. The van der Waals surface area contributed by atoms with Crippen molar-refractivity contribution in [3.63, 3.8) is 0 Å². The van der Waals surface area contributed by atoms with Gasteiger partial charge in [-0.2, -0.15) is 0 Å². The van der Waals surface area contributed by atoms with Crippen LogP contribution in [0.1, 0.15) is 208 Å². The van der Waals surface area contributed by atoms with Crippen LogP contribution in [-0.2, 0) is 29.1 Å². The van der Waals surface area contributed by atoms with Gasteiger partial charge in [0.25, 0.3) is 0 Å². The summed E-state index contributed by atoms with van der Waals surface area (Å²) in [5, 5.41) is 2.77. The van der Waals surface area contributed by atoms with Crippen LogP contribution in [0.25, 0.3) is 38.6 Å². The largest absolute Gasteiger partial charge is 0.309 e. The minimum atomic E-state index is -0.00985. The third-order valence-electron chi connectivity index (χ3n) is 22.6. The summed E-state index contributed by atoms with van der Waals surface area (Å²) in [7, 11) is 0. The zero-order valence-corrected chi connectivity index (χ0v) is 50.9. The SMILES string of the molecule is CC(C)(C)C1=CC=C(C2Cc3cc(-n4c5ccccc5c5ccc6c(c54)CC(C45CCCC7CC(CC74)C5)c4ccccc4-6)cc4c3B(c3cc(C(C)(C)C)ccc32)c2cc(C(C)(C)C)ccc2C4c2ccc(C(C)(C)C)cc2)CC1. The summed E-state index contributed by atoms with van der Waals surface area (Å²) in [6, 6.07) is 55.1. The first-order valence-electron chi connectivity index (χ1n) is 31.7. The normalized spacial score (nSPS) is 24.7. The van der Waals surface area contributed by atoms with Gasteiger partial charge in [0.2, 0.25) is 6.71 Å². The van der Waals surface area contributed by atoms with E-state index < -0.39 is 0 Å². The van der Waals surface area contributed by atoms with Gasteiger partial charge in [-0.25, -0.2) is 0 Å². The Morgan fingerprint density at radius 1 is 0.556 bits per heavy atom. The number of hydrogen-bond acceptors (Lipinski definition) is 0. The van der Waals surface area contributed by atoms with Gasteiger partial charge in [0, 0.05) is 28.3 Å². The van der Waals surface area contributed by atoms with Gasteiger partial charge in [-0.05, 0) is 187 Å². The molecule has 7 atom stereocenters. The quantitative estimate of drug-likeness (QED) is 0.155. The number of allylic oxidation sites excluding steroid dienone is 4. The highest BCUT2D eigenvalue weighted by atomic mass is 15.0. The lowest BCUT2D eigenvalue weighted by molar-refractivity contribution is 0.0225. The molecule has 2 aliphatic heterocycles. The molecule has 0 amide bonds. The van der Waals surface area contributed by atoms with Crippen molar-refractivity contribution in [1.29, 1.82) is 0 Å². The Bertz CT molecular complexity index is 3970. The molecule has 3 heterocycles. The van der Waals surface area contributed by atoms with E-state index in [9.17, 15) is 0 Å². The van der Waals surface area contributed by atoms with E-state index in [1.807, 2.05) is 0 Å². The topological polar surface area (TPSA) is 4.93 Å². The van der Waals surface area contributed by atoms with Gasteiger partial charge in [-0.1, -0.05) is 251 Å². The first-order chi connectivity index (χ1) is 38.6. The number of hydrogen-bond donors (Lipinski definition) is 0. The Labute approximate surface area is 485 Å². The number of benzene rings is 7. The average molecular weight is 1060 g/mol. The molecular formula is C79H86BN. The lowest BCUT2D eigenvalue weighted by Gasteiger charge is -2.52. The molecule has 1 nitrogen and oxygen atoms in total. The minimum absolute atomic E-state index is 0.00619. The van der Waals surface area contributed by atoms with E-state index in [1.54, 1.807) is 27.7 Å². The first kappa shape index (κ1) is 51.7. The van der Waals surface area contributed by atoms with Gasteiger partial charge < -0.3 is 4.57 Å². The van der Waals surface area contributed by atoms with Crippen LogP contribution in [0, 0.1) is 28.6 Å². The van der Waals surface area contributed by atoms with Crippen molar-refractivity contribution in [3.05, 3.63) is 212 Å². The van der Waals surface area contributed by atoms with Crippen LogP contribution >= 0.6 is 0 Å². The first-order valence-corrected chi connectivity index (χ1v) is 31.7. The van der Waals surface area contributed by atoms with E-state index in [0.29, 0.717) is 11.3 Å². The Morgan fingerprint density at radius 3 is 1.95 bits per heavy atom. The van der Waals surface area contributed by atoms with Crippen LogP contribution in [-0.4, -0.2) is 11.3 Å². The fourth-order valence-corrected chi connectivity index (χ4v) is 18.6. The molecule has 7 aromatic carbocycles. The van der Waals surface area contributed by atoms with E-state index in [2.05, 4.69) is 233 Å². The van der Waals surface area contributed by atoms with Crippen molar-refractivity contribution in [2.45, 2.75) is 181 Å². The van der Waals surface area contributed by atoms with Gasteiger partial charge >= 0.3 is 0 Å². The predicted octanol–water partition coefficient (Wildman–Crippen LogP) is 18.5. The Balaban J connectivity index is 1.04. The predicted molar refractivity (Wildman–Crippen MR) is 346 cm³/mol. The van der Waals surface area contributed by atoms with Crippen LogP contribution in [0.15, 0.2) is 157 Å². The summed E-state index contributed by atoms with van der Waals surface area (Å²) >= 11 is 0. The van der Waals surface area contributed by atoms with Crippen molar-refractivity contribution < 1.29 is 0 Å². The Kier molecular flexibility index (Phi) is 11.5. The van der Waals surface area contributed by atoms with Gasteiger partial charge in [0.1, 0.15) is 0 Å². The number of aromatic nitrogens is 1. The molecular weight excluding hydrogens is 974 g/mol. The van der Waals surface area contributed by atoms with Crippen molar-refractivity contribution in [2.75, 3.05) is 0 Å². The van der Waals surface area contributed by atoms with Crippen molar-refractivity contribution >= 4 is 44.9 Å². The zero-order chi connectivity index (χ0) is 55.9. The molecule has 0 spiro atoms. The Morgan fingerprint density at radius 2 is 1.25 bits per heavy atom. The molecule has 7 unspecified atom stereocenters. The lowest BCUT2D eigenvalue weighted by atomic mass is 9.31. The Hall–Kier alpha value is -6.12. The fourth-order valence-electron chi connectivity index (χ4n) is 18.6. The molecule has 7 aliphatic rings. The van der Waals surface area contributed by atoms with Gasteiger partial charge in [0.05, 0.1) is 11.0 Å².